The fraction of sp³-hybridized carbons (Fsp3) is 0.355. The fourth-order valence-electron chi connectivity index (χ4n) is 6.43. The number of hydrogen-bond acceptors (Lipinski definition) is 3. The molecule has 3 aliphatic carbocycles. The number of allylic oxidation sites excluding steroid dienone is 8. The highest BCUT2D eigenvalue weighted by atomic mass is 16.5. The molecule has 1 radical (unpaired) electrons. The van der Waals surface area contributed by atoms with Gasteiger partial charge in [-0.2, -0.15) is 0 Å². The summed E-state index contributed by atoms with van der Waals surface area (Å²) in [6.07, 6.45) is 18.4. The summed E-state index contributed by atoms with van der Waals surface area (Å²) in [5.74, 6) is 3.22. The number of rotatable bonds is 4. The fourth-order valence-corrected chi connectivity index (χ4v) is 6.43. The van der Waals surface area contributed by atoms with Crippen molar-refractivity contribution in [3.8, 4) is 11.5 Å². The zero-order chi connectivity index (χ0) is 24.4. The van der Waals surface area contributed by atoms with Crippen LogP contribution in [0.1, 0.15) is 38.8 Å². The Morgan fingerprint density at radius 3 is 2.06 bits per heavy atom. The molecule has 6 rings (SSSR count). The molecule has 2 aromatic carbocycles. The van der Waals surface area contributed by atoms with Crippen molar-refractivity contribution >= 4 is 12.9 Å². The third-order valence-electron chi connectivity index (χ3n) is 8.84. The van der Waals surface area contributed by atoms with E-state index < -0.39 is 11.2 Å². The van der Waals surface area contributed by atoms with Crippen molar-refractivity contribution in [2.45, 2.75) is 44.3 Å². The molecule has 1 heterocycles. The Labute approximate surface area is 209 Å². The highest BCUT2D eigenvalue weighted by Crippen LogP contribution is 2.66. The first-order chi connectivity index (χ1) is 16.7. The number of aliphatic hydroxyl groups is 1. The number of benzene rings is 2. The lowest BCUT2D eigenvalue weighted by Gasteiger charge is -2.46. The Morgan fingerprint density at radius 2 is 1.40 bits per heavy atom. The van der Waals surface area contributed by atoms with Crippen molar-refractivity contribution < 1.29 is 14.5 Å². The molecule has 3 nitrogen and oxygen atoms in total. The minimum Gasteiger partial charge on any atom is -0.457 e. The van der Waals surface area contributed by atoms with Crippen molar-refractivity contribution in [1.29, 1.82) is 0 Å². The Balaban J connectivity index is 1.54. The Kier molecular flexibility index (Phi) is 5.07. The molecule has 35 heavy (non-hydrogen) atoms. The van der Waals surface area contributed by atoms with Crippen LogP contribution in [-0.4, -0.2) is 23.8 Å². The first kappa shape index (κ1) is 22.6. The van der Waals surface area contributed by atoms with Crippen LogP contribution in [0.25, 0.3) is 0 Å². The van der Waals surface area contributed by atoms with Crippen LogP contribution in [0.3, 0.4) is 0 Å². The van der Waals surface area contributed by atoms with Crippen molar-refractivity contribution in [2.24, 2.45) is 23.7 Å². The minimum atomic E-state index is -1.00. The second kappa shape index (κ2) is 7.84. The average Bonchev–Trinajstić information content (AvgIpc) is 3.14. The van der Waals surface area contributed by atoms with Gasteiger partial charge in [-0.1, -0.05) is 85.0 Å². The van der Waals surface area contributed by atoms with Crippen LogP contribution < -0.4 is 10.2 Å². The third-order valence-corrected chi connectivity index (χ3v) is 8.84. The molecule has 177 valence electrons. The van der Waals surface area contributed by atoms with E-state index in [1.54, 1.807) is 21.3 Å². The molecule has 0 saturated heterocycles. The van der Waals surface area contributed by atoms with E-state index in [4.69, 9.17) is 9.39 Å². The van der Waals surface area contributed by atoms with Gasteiger partial charge in [-0.25, -0.2) is 0 Å². The molecule has 4 unspecified atom stereocenters. The van der Waals surface area contributed by atoms with Crippen LogP contribution in [-0.2, 0) is 10.1 Å². The van der Waals surface area contributed by atoms with Gasteiger partial charge in [0.1, 0.15) is 11.5 Å². The highest BCUT2D eigenvalue weighted by Gasteiger charge is 2.62. The first-order valence-corrected chi connectivity index (χ1v) is 12.6. The summed E-state index contributed by atoms with van der Waals surface area (Å²) >= 11 is 0. The van der Waals surface area contributed by atoms with Gasteiger partial charge in [0.05, 0.1) is 11.2 Å². The second-order valence-electron chi connectivity index (χ2n) is 11.2. The van der Waals surface area contributed by atoms with E-state index in [2.05, 4.69) is 85.0 Å². The summed E-state index contributed by atoms with van der Waals surface area (Å²) in [4.78, 5) is 0. The van der Waals surface area contributed by atoms with Crippen LogP contribution in [0.4, 0.5) is 0 Å². The summed E-state index contributed by atoms with van der Waals surface area (Å²) in [7, 11) is 1.76. The maximum Gasteiger partial charge on any atom is 0.334 e. The number of fused-ring (bicyclic) bond motifs is 9. The quantitative estimate of drug-likeness (QED) is 0.599. The van der Waals surface area contributed by atoms with Crippen molar-refractivity contribution in [3.05, 3.63) is 102 Å². The maximum absolute atomic E-state index is 10.6. The Hall–Kier alpha value is -2.82. The van der Waals surface area contributed by atoms with Crippen molar-refractivity contribution in [2.75, 3.05) is 0 Å². The molecule has 1 fully saturated rings. The molecule has 4 atom stereocenters. The van der Waals surface area contributed by atoms with E-state index in [1.165, 1.54) is 11.1 Å². The lowest BCUT2D eigenvalue weighted by Crippen LogP contribution is -2.49. The molecule has 0 aromatic heterocycles. The molecule has 1 N–H and O–H groups in total. The van der Waals surface area contributed by atoms with Gasteiger partial charge in [-0.05, 0) is 62.9 Å². The summed E-state index contributed by atoms with van der Waals surface area (Å²) in [6.45, 7) is 7.35. The number of ether oxygens (including phenoxy) is 1. The molecule has 0 amide bonds. The SMILES string of the molecule is CC(C)(O)C(C)(C)O[B]c1cccc2c1Oc1ccccc1C21C2C=CC=CC2C2C=CC=CC21. The number of hydrogen-bond donors (Lipinski definition) is 1. The first-order valence-electron chi connectivity index (χ1n) is 12.6. The molecular weight excluding hydrogens is 431 g/mol. The van der Waals surface area contributed by atoms with Crippen LogP contribution in [0.2, 0.25) is 0 Å². The lowest BCUT2D eigenvalue weighted by atomic mass is 9.59. The summed E-state index contributed by atoms with van der Waals surface area (Å²) in [6, 6.07) is 14.9. The molecule has 0 bridgehead atoms. The van der Waals surface area contributed by atoms with E-state index in [1.807, 2.05) is 19.9 Å². The summed E-state index contributed by atoms with van der Waals surface area (Å²) < 4.78 is 12.8. The van der Waals surface area contributed by atoms with Gasteiger partial charge >= 0.3 is 7.48 Å². The van der Waals surface area contributed by atoms with Gasteiger partial charge < -0.3 is 14.5 Å². The molecule has 4 aliphatic rings. The van der Waals surface area contributed by atoms with Crippen LogP contribution in [0.15, 0.2) is 91.1 Å². The molecule has 2 aromatic rings. The van der Waals surface area contributed by atoms with E-state index >= 15 is 0 Å². The summed E-state index contributed by atoms with van der Waals surface area (Å²) in [5.41, 5.74) is 1.33. The molecule has 1 saturated carbocycles. The molecule has 4 heteroatoms. The largest absolute Gasteiger partial charge is 0.457 e. The van der Waals surface area contributed by atoms with Gasteiger partial charge in [-0.3, -0.25) is 0 Å². The summed E-state index contributed by atoms with van der Waals surface area (Å²) in [5, 5.41) is 10.6. The smallest absolute Gasteiger partial charge is 0.334 e. The third kappa shape index (κ3) is 3.19. The average molecular weight is 463 g/mol. The van der Waals surface area contributed by atoms with E-state index in [9.17, 15) is 5.11 Å². The van der Waals surface area contributed by atoms with E-state index in [0.717, 1.165) is 17.0 Å². The van der Waals surface area contributed by atoms with Gasteiger partial charge in [-0.15, -0.1) is 0 Å². The van der Waals surface area contributed by atoms with E-state index in [-0.39, 0.29) is 5.41 Å². The van der Waals surface area contributed by atoms with Crippen molar-refractivity contribution in [1.82, 2.24) is 0 Å². The molecular formula is C31H32BO3. The molecule has 1 aliphatic heterocycles. The van der Waals surface area contributed by atoms with Crippen LogP contribution in [0.5, 0.6) is 11.5 Å². The molecule has 1 spiro atoms. The zero-order valence-electron chi connectivity index (χ0n) is 20.8. The predicted octanol–water partition coefficient (Wildman–Crippen LogP) is 5.62. The Bertz CT molecular complexity index is 1240. The number of para-hydroxylation sites is 2. The van der Waals surface area contributed by atoms with Crippen molar-refractivity contribution in [3.63, 3.8) is 0 Å². The second-order valence-corrected chi connectivity index (χ2v) is 11.2. The topological polar surface area (TPSA) is 38.7 Å². The van der Waals surface area contributed by atoms with Gasteiger partial charge in [0, 0.05) is 16.5 Å². The monoisotopic (exact) mass is 463 g/mol. The predicted molar refractivity (Wildman–Crippen MR) is 141 cm³/mol. The normalized spacial score (nSPS) is 29.9. The zero-order valence-corrected chi connectivity index (χ0v) is 20.8. The van der Waals surface area contributed by atoms with Crippen LogP contribution in [0, 0.1) is 23.7 Å². The van der Waals surface area contributed by atoms with E-state index in [0.29, 0.717) is 23.7 Å². The lowest BCUT2D eigenvalue weighted by molar-refractivity contribution is -0.0893. The van der Waals surface area contributed by atoms with Gasteiger partial charge in [0.25, 0.3) is 0 Å². The van der Waals surface area contributed by atoms with Crippen LogP contribution >= 0.6 is 0 Å². The minimum absolute atomic E-state index is 0.252. The Morgan fingerprint density at radius 1 is 0.800 bits per heavy atom. The highest BCUT2D eigenvalue weighted by molar-refractivity contribution is 6.48. The maximum atomic E-state index is 10.6. The van der Waals surface area contributed by atoms with Gasteiger partial charge in [0.15, 0.2) is 0 Å². The standard InChI is InChI=1S/C31H32BO3/c1-29(2,33)30(3,4)35-32-26-18-11-17-25-28(26)34-27-19-10-9-16-24(27)31(25)22-14-7-5-12-20(22)21-13-6-8-15-23(21)31/h5-23,33H,1-4H3. The van der Waals surface area contributed by atoms with Gasteiger partial charge in [0.2, 0.25) is 0 Å².